The van der Waals surface area contributed by atoms with Crippen LogP contribution < -0.4 is 32.3 Å². The Bertz CT molecular complexity index is 2740. The molecule has 0 aromatic heterocycles. The fraction of sp³-hybridized carbons (Fsp3) is 0.344. The molecule has 0 saturated heterocycles. The van der Waals surface area contributed by atoms with Gasteiger partial charge in [-0.2, -0.15) is 11.8 Å². The van der Waals surface area contributed by atoms with E-state index in [0.717, 1.165) is 16.7 Å². The van der Waals surface area contributed by atoms with E-state index in [1.165, 1.54) is 23.5 Å². The minimum Gasteiger partial charge on any atom is -0.480 e. The van der Waals surface area contributed by atoms with Crippen molar-refractivity contribution in [1.82, 2.24) is 26.6 Å². The van der Waals surface area contributed by atoms with E-state index in [2.05, 4.69) is 26.6 Å². The normalized spacial score (nSPS) is 14.1. The SMILES string of the molecule is CSCC[C@H](NC(=O)[C@H](CC(=O)NC(c1ccccc1)(c1ccccc1)c1ccccc1)NC(=O)[C@@H](NC(=O)[C@@H](N)CSC(c1ccccc1)(c1ccccc1)c1ccccc1)[C@@H](C)OC(C)(C)C)C(=O)N[C@@H](CC(C)C)C(=O)O. The molecule has 5 amide bonds. The lowest BCUT2D eigenvalue weighted by atomic mass is 9.77. The number of hydrogen-bond acceptors (Lipinski definition) is 10. The number of benzene rings is 6. The zero-order valence-corrected chi connectivity index (χ0v) is 48.2. The van der Waals surface area contributed by atoms with E-state index in [4.69, 9.17) is 10.5 Å². The molecule has 0 fully saturated rings. The van der Waals surface area contributed by atoms with Crippen molar-refractivity contribution in [3.05, 3.63) is 215 Å². The lowest BCUT2D eigenvalue weighted by Gasteiger charge is -2.37. The summed E-state index contributed by atoms with van der Waals surface area (Å²) in [5.74, 6) is -4.69. The van der Waals surface area contributed by atoms with Crippen LogP contribution >= 0.6 is 23.5 Å². The third-order valence-corrected chi connectivity index (χ3v) is 15.8. The number of rotatable bonds is 28. The zero-order valence-electron chi connectivity index (χ0n) is 46.6. The molecule has 0 radical (unpaired) electrons. The molecule has 0 bridgehead atoms. The smallest absolute Gasteiger partial charge is 0.326 e. The van der Waals surface area contributed by atoms with E-state index in [9.17, 15) is 24.3 Å². The van der Waals surface area contributed by atoms with Crippen molar-refractivity contribution >= 4 is 59.0 Å². The van der Waals surface area contributed by atoms with Gasteiger partial charge in [0.25, 0.3) is 0 Å². The van der Waals surface area contributed by atoms with Crippen LogP contribution in [-0.2, 0) is 43.8 Å². The Morgan fingerprint density at radius 3 is 1.31 bits per heavy atom. The highest BCUT2D eigenvalue weighted by atomic mass is 32.2. The van der Waals surface area contributed by atoms with E-state index in [-0.39, 0.29) is 24.5 Å². The van der Waals surface area contributed by atoms with Crippen LogP contribution in [0.4, 0.5) is 0 Å². The first-order valence-corrected chi connectivity index (χ1v) is 29.3. The van der Waals surface area contributed by atoms with Crippen LogP contribution in [0.1, 0.15) is 94.2 Å². The number of thioether (sulfide) groups is 2. The lowest BCUT2D eigenvalue weighted by molar-refractivity contribution is -0.143. The molecule has 80 heavy (non-hydrogen) atoms. The number of ether oxygens (including phenoxy) is 1. The summed E-state index contributed by atoms with van der Waals surface area (Å²) in [5, 5.41) is 24.3. The van der Waals surface area contributed by atoms with Crippen LogP contribution in [0.25, 0.3) is 0 Å². The van der Waals surface area contributed by atoms with E-state index < -0.39 is 94.1 Å². The second-order valence-corrected chi connectivity index (χ2v) is 23.4. The third kappa shape index (κ3) is 16.4. The summed E-state index contributed by atoms with van der Waals surface area (Å²) in [7, 11) is 0. The van der Waals surface area contributed by atoms with Gasteiger partial charge in [0.15, 0.2) is 0 Å². The Kier molecular flexibility index (Phi) is 22.7. The van der Waals surface area contributed by atoms with Gasteiger partial charge in [-0.1, -0.05) is 196 Å². The van der Waals surface area contributed by atoms with E-state index in [0.29, 0.717) is 22.4 Å². The second kappa shape index (κ2) is 29.3. The molecule has 6 rings (SSSR count). The lowest BCUT2D eigenvalue weighted by Crippen LogP contribution is -2.62. The van der Waals surface area contributed by atoms with Crippen molar-refractivity contribution in [3.8, 4) is 0 Å². The Labute approximate surface area is 479 Å². The molecular weight excluding hydrogens is 1040 g/mol. The number of aliphatic carboxylic acids is 1. The van der Waals surface area contributed by atoms with Gasteiger partial charge in [0, 0.05) is 5.75 Å². The number of nitrogens with one attached hydrogen (secondary N) is 5. The number of carbonyl (C=O) groups excluding carboxylic acids is 5. The largest absolute Gasteiger partial charge is 0.480 e. The van der Waals surface area contributed by atoms with Gasteiger partial charge in [-0.25, -0.2) is 4.79 Å². The molecule has 422 valence electrons. The first-order chi connectivity index (χ1) is 38.3. The van der Waals surface area contributed by atoms with Gasteiger partial charge in [-0.3, -0.25) is 24.0 Å². The molecule has 0 spiro atoms. The maximum Gasteiger partial charge on any atom is 0.326 e. The molecule has 0 aliphatic carbocycles. The fourth-order valence-corrected chi connectivity index (χ4v) is 11.7. The van der Waals surface area contributed by atoms with Crippen molar-refractivity contribution in [2.24, 2.45) is 11.7 Å². The molecule has 16 heteroatoms. The number of nitrogens with two attached hydrogens (primary N) is 1. The highest BCUT2D eigenvalue weighted by Gasteiger charge is 2.42. The minimum atomic E-state index is -1.67. The molecule has 14 nitrogen and oxygen atoms in total. The predicted molar refractivity (Wildman–Crippen MR) is 320 cm³/mol. The van der Waals surface area contributed by atoms with Crippen molar-refractivity contribution in [2.75, 3.05) is 17.8 Å². The Hall–Kier alpha value is -7.24. The standard InChI is InChI=1S/C64H76N6O8S2/c1-43(2)40-54(61(76)77)68-58(73)52(38-39-79-7)66-59(74)53(41-55(71)70-63(45-26-14-8-15-27-45,46-28-16-9-17-29-46)47-30-18-10-19-31-47)67-60(75)56(44(3)78-62(4,5)6)69-57(72)51(65)42-80-64(48-32-20-11-21-33-48,49-34-22-12-23-35-49)50-36-24-13-25-37-50/h8-37,43-44,51-54,56H,38-42,65H2,1-7H3,(H,66,74)(H,67,75)(H,68,73)(H,69,72)(H,70,71)(H,76,77)/t44-,51+,52+,53+,54+,56+/m1/s1. The third-order valence-electron chi connectivity index (χ3n) is 13.5. The Balaban J connectivity index is 1.37. The molecule has 6 atom stereocenters. The van der Waals surface area contributed by atoms with Crippen LogP contribution in [0.5, 0.6) is 0 Å². The number of carboxylic acid groups (broad SMARTS) is 1. The van der Waals surface area contributed by atoms with Crippen molar-refractivity contribution in [2.45, 2.75) is 113 Å². The average molecular weight is 1120 g/mol. The van der Waals surface area contributed by atoms with Gasteiger partial charge in [0.05, 0.1) is 28.9 Å². The number of hydrogen-bond donors (Lipinski definition) is 7. The van der Waals surface area contributed by atoms with Crippen molar-refractivity contribution < 1.29 is 38.6 Å². The minimum absolute atomic E-state index is 0.0821. The van der Waals surface area contributed by atoms with Gasteiger partial charge in [-0.05, 0) is 91.8 Å². The summed E-state index contributed by atoms with van der Waals surface area (Å²) >= 11 is 2.89. The van der Waals surface area contributed by atoms with Gasteiger partial charge < -0.3 is 42.2 Å². The summed E-state index contributed by atoms with van der Waals surface area (Å²) < 4.78 is 5.53. The highest BCUT2D eigenvalue weighted by molar-refractivity contribution is 8.00. The molecule has 0 aliphatic heterocycles. The number of carbonyl (C=O) groups is 6. The predicted octanol–water partition coefficient (Wildman–Crippen LogP) is 8.56. The summed E-state index contributed by atoms with van der Waals surface area (Å²) in [5.41, 5.74) is 9.73. The van der Waals surface area contributed by atoms with Gasteiger partial charge in [-0.15, -0.1) is 11.8 Å². The topological polar surface area (TPSA) is 218 Å². The van der Waals surface area contributed by atoms with Gasteiger partial charge >= 0.3 is 5.97 Å². The van der Waals surface area contributed by atoms with Crippen LogP contribution in [0.15, 0.2) is 182 Å². The fourth-order valence-electron chi connectivity index (χ4n) is 9.78. The Morgan fingerprint density at radius 1 is 0.537 bits per heavy atom. The first-order valence-electron chi connectivity index (χ1n) is 26.9. The monoisotopic (exact) mass is 1120 g/mol. The molecule has 0 heterocycles. The van der Waals surface area contributed by atoms with Crippen LogP contribution in [0.2, 0.25) is 0 Å². The quantitative estimate of drug-likeness (QED) is 0.0231. The molecular formula is C64H76N6O8S2. The van der Waals surface area contributed by atoms with Crippen molar-refractivity contribution in [1.29, 1.82) is 0 Å². The van der Waals surface area contributed by atoms with Crippen LogP contribution in [0, 0.1) is 5.92 Å². The van der Waals surface area contributed by atoms with E-state index in [1.54, 1.807) is 27.7 Å². The van der Waals surface area contributed by atoms with Gasteiger partial charge in [0.2, 0.25) is 29.5 Å². The van der Waals surface area contributed by atoms with Crippen molar-refractivity contribution in [3.63, 3.8) is 0 Å². The maximum atomic E-state index is 15.2. The maximum absolute atomic E-state index is 15.2. The van der Waals surface area contributed by atoms with E-state index >= 15 is 9.59 Å². The Morgan fingerprint density at radius 2 is 0.925 bits per heavy atom. The number of amides is 5. The summed E-state index contributed by atoms with van der Waals surface area (Å²) in [6.45, 7) is 10.7. The first kappa shape index (κ1) is 62.0. The molecule has 6 aromatic rings. The summed E-state index contributed by atoms with van der Waals surface area (Å²) in [6, 6.07) is 51.2. The molecule has 8 N–H and O–H groups in total. The van der Waals surface area contributed by atoms with Gasteiger partial charge in [0.1, 0.15) is 29.7 Å². The highest BCUT2D eigenvalue weighted by Crippen LogP contribution is 2.48. The van der Waals surface area contributed by atoms with Crippen LogP contribution in [-0.4, -0.2) is 100 Å². The molecule has 0 unspecified atom stereocenters. The molecule has 0 saturated carbocycles. The molecule has 6 aromatic carbocycles. The van der Waals surface area contributed by atoms with E-state index in [1.807, 2.05) is 202 Å². The van der Waals surface area contributed by atoms with Crippen LogP contribution in [0.3, 0.4) is 0 Å². The second-order valence-electron chi connectivity index (χ2n) is 21.2. The summed E-state index contributed by atoms with van der Waals surface area (Å²) in [4.78, 5) is 86.2. The average Bonchev–Trinajstić information content (AvgIpc) is 3.63. The zero-order chi connectivity index (χ0) is 57.9. The number of carboxylic acids is 1. The summed E-state index contributed by atoms with van der Waals surface area (Å²) in [6.07, 6.45) is 0.369. The molecule has 0 aliphatic rings.